The number of nitrogens with one attached hydrogen (secondary N) is 1. The minimum absolute atomic E-state index is 0. The van der Waals surface area contributed by atoms with Crippen LogP contribution in [0.25, 0.3) is 0 Å². The van der Waals surface area contributed by atoms with Gasteiger partial charge in [-0.05, 0) is 42.5 Å². The molecular weight excluding hydrogens is 348 g/mol. The third-order valence-corrected chi connectivity index (χ3v) is 6.12. The Kier molecular flexibility index (Phi) is 6.26. The molecule has 22 heavy (non-hydrogen) atoms. The van der Waals surface area contributed by atoms with Crippen LogP contribution in [0.3, 0.4) is 0 Å². The molecular formula is C13H21ClN2O4S2. The predicted molar refractivity (Wildman–Crippen MR) is 90.4 cm³/mol. The first-order valence-corrected chi connectivity index (χ1v) is 10.4. The molecule has 0 saturated heterocycles. The van der Waals surface area contributed by atoms with E-state index in [0.29, 0.717) is 12.1 Å². The third kappa shape index (κ3) is 5.42. The number of sulfonamides is 1. The molecule has 0 aliphatic heterocycles. The van der Waals surface area contributed by atoms with E-state index in [1.54, 1.807) is 6.07 Å². The SMILES string of the molecule is CS(=O)(=O)CCS(=O)(=O)NC1CCCc2cc(N)ccc21.Cl. The normalized spacial score (nSPS) is 18.3. The molecule has 0 aromatic heterocycles. The van der Waals surface area contributed by atoms with Gasteiger partial charge in [0.25, 0.3) is 0 Å². The lowest BCUT2D eigenvalue weighted by Gasteiger charge is -2.26. The molecule has 1 unspecified atom stereocenters. The molecule has 1 aromatic rings. The van der Waals surface area contributed by atoms with E-state index in [1.165, 1.54) is 0 Å². The summed E-state index contributed by atoms with van der Waals surface area (Å²) in [5.74, 6) is -0.781. The summed E-state index contributed by atoms with van der Waals surface area (Å²) in [5.41, 5.74) is 8.39. The Hall–Kier alpha value is -0.830. The van der Waals surface area contributed by atoms with Crippen molar-refractivity contribution >= 4 is 38.0 Å². The first-order valence-electron chi connectivity index (χ1n) is 6.72. The zero-order valence-corrected chi connectivity index (χ0v) is 14.7. The van der Waals surface area contributed by atoms with Gasteiger partial charge in [0.1, 0.15) is 9.84 Å². The van der Waals surface area contributed by atoms with E-state index in [0.717, 1.165) is 30.2 Å². The van der Waals surface area contributed by atoms with Gasteiger partial charge in [0.2, 0.25) is 10.0 Å². The Labute approximate surface area is 137 Å². The van der Waals surface area contributed by atoms with Crippen LogP contribution in [0.1, 0.15) is 30.0 Å². The van der Waals surface area contributed by atoms with Gasteiger partial charge < -0.3 is 5.73 Å². The van der Waals surface area contributed by atoms with Crippen molar-refractivity contribution < 1.29 is 16.8 Å². The number of hydrogen-bond acceptors (Lipinski definition) is 5. The van der Waals surface area contributed by atoms with E-state index < -0.39 is 25.6 Å². The minimum Gasteiger partial charge on any atom is -0.399 e. The van der Waals surface area contributed by atoms with Crippen molar-refractivity contribution in [2.45, 2.75) is 25.3 Å². The molecule has 0 radical (unpaired) electrons. The van der Waals surface area contributed by atoms with Crippen LogP contribution < -0.4 is 10.5 Å². The topological polar surface area (TPSA) is 106 Å². The second-order valence-corrected chi connectivity index (χ2v) is 9.60. The molecule has 0 heterocycles. The number of benzene rings is 1. The van der Waals surface area contributed by atoms with E-state index in [1.807, 2.05) is 12.1 Å². The standard InChI is InChI=1S/C13H20N2O4S2.ClH/c1-20(16,17)7-8-21(18,19)15-13-4-2-3-10-9-11(14)5-6-12(10)13;/h5-6,9,13,15H,2-4,7-8,14H2,1H3;1H. The summed E-state index contributed by atoms with van der Waals surface area (Å²) in [6.45, 7) is 0. The van der Waals surface area contributed by atoms with Crippen LogP contribution in [0, 0.1) is 0 Å². The summed E-state index contributed by atoms with van der Waals surface area (Å²) in [5, 5.41) is 0. The fourth-order valence-corrected chi connectivity index (χ4v) is 5.38. The van der Waals surface area contributed by atoms with Crippen LogP contribution in [0.4, 0.5) is 5.69 Å². The van der Waals surface area contributed by atoms with Gasteiger partial charge in [-0.25, -0.2) is 21.6 Å². The Morgan fingerprint density at radius 1 is 1.23 bits per heavy atom. The van der Waals surface area contributed by atoms with Crippen molar-refractivity contribution in [2.75, 3.05) is 23.5 Å². The monoisotopic (exact) mass is 368 g/mol. The van der Waals surface area contributed by atoms with Gasteiger partial charge in [-0.3, -0.25) is 0 Å². The zero-order valence-electron chi connectivity index (χ0n) is 12.3. The number of sulfone groups is 1. The smallest absolute Gasteiger partial charge is 0.213 e. The van der Waals surface area contributed by atoms with Gasteiger partial charge in [-0.2, -0.15) is 0 Å². The van der Waals surface area contributed by atoms with Crippen molar-refractivity contribution in [3.05, 3.63) is 29.3 Å². The van der Waals surface area contributed by atoms with Gasteiger partial charge in [-0.1, -0.05) is 6.07 Å². The first-order chi connectivity index (χ1) is 9.66. The predicted octanol–water partition coefficient (Wildman–Crippen LogP) is 1.03. The molecule has 1 aromatic carbocycles. The Bertz CT molecular complexity index is 732. The third-order valence-electron chi connectivity index (χ3n) is 3.53. The summed E-state index contributed by atoms with van der Waals surface area (Å²) in [4.78, 5) is 0. The Morgan fingerprint density at radius 2 is 1.91 bits per heavy atom. The highest BCUT2D eigenvalue weighted by Gasteiger charge is 2.25. The summed E-state index contributed by atoms with van der Waals surface area (Å²) >= 11 is 0. The summed E-state index contributed by atoms with van der Waals surface area (Å²) < 4.78 is 48.9. The molecule has 0 fully saturated rings. The minimum atomic E-state index is -3.63. The second kappa shape index (κ2) is 7.16. The number of anilines is 1. The number of halogens is 1. The molecule has 1 atom stereocenters. The Balaban J connectivity index is 0.00000242. The van der Waals surface area contributed by atoms with Gasteiger partial charge >= 0.3 is 0 Å². The van der Waals surface area contributed by atoms with E-state index in [9.17, 15) is 16.8 Å². The molecule has 0 spiro atoms. The number of aryl methyl sites for hydroxylation is 1. The lowest BCUT2D eigenvalue weighted by atomic mass is 9.88. The van der Waals surface area contributed by atoms with Crippen LogP contribution in [-0.4, -0.2) is 34.6 Å². The maximum atomic E-state index is 12.0. The Morgan fingerprint density at radius 3 is 2.55 bits per heavy atom. The highest BCUT2D eigenvalue weighted by atomic mass is 35.5. The lowest BCUT2D eigenvalue weighted by molar-refractivity contribution is 0.508. The number of fused-ring (bicyclic) bond motifs is 1. The average molecular weight is 369 g/mol. The van der Waals surface area contributed by atoms with Crippen molar-refractivity contribution in [3.63, 3.8) is 0 Å². The zero-order chi connectivity index (χ0) is 15.7. The molecule has 2 rings (SSSR count). The van der Waals surface area contributed by atoms with Crippen molar-refractivity contribution in [1.29, 1.82) is 0 Å². The van der Waals surface area contributed by atoms with E-state index >= 15 is 0 Å². The lowest BCUT2D eigenvalue weighted by Crippen LogP contribution is -2.34. The van der Waals surface area contributed by atoms with E-state index in [4.69, 9.17) is 5.73 Å². The van der Waals surface area contributed by atoms with E-state index in [2.05, 4.69) is 4.72 Å². The molecule has 6 nitrogen and oxygen atoms in total. The highest BCUT2D eigenvalue weighted by molar-refractivity contribution is 7.93. The van der Waals surface area contributed by atoms with Crippen LogP contribution in [0.2, 0.25) is 0 Å². The van der Waals surface area contributed by atoms with Gasteiger partial charge in [0.05, 0.1) is 11.5 Å². The highest BCUT2D eigenvalue weighted by Crippen LogP contribution is 2.31. The first kappa shape index (κ1) is 19.2. The van der Waals surface area contributed by atoms with Crippen LogP contribution in [-0.2, 0) is 26.3 Å². The van der Waals surface area contributed by atoms with Crippen molar-refractivity contribution in [3.8, 4) is 0 Å². The summed E-state index contributed by atoms with van der Waals surface area (Å²) in [7, 11) is -6.93. The maximum Gasteiger partial charge on any atom is 0.213 e. The molecule has 1 aliphatic carbocycles. The number of nitrogen functional groups attached to an aromatic ring is 1. The van der Waals surface area contributed by atoms with Crippen LogP contribution in [0.5, 0.6) is 0 Å². The molecule has 0 saturated carbocycles. The number of rotatable bonds is 5. The van der Waals surface area contributed by atoms with Gasteiger partial charge in [-0.15, -0.1) is 12.4 Å². The molecule has 1 aliphatic rings. The fourth-order valence-electron chi connectivity index (χ4n) is 2.49. The van der Waals surface area contributed by atoms with Crippen LogP contribution >= 0.6 is 12.4 Å². The average Bonchev–Trinajstić information content (AvgIpc) is 2.35. The van der Waals surface area contributed by atoms with Crippen molar-refractivity contribution in [1.82, 2.24) is 4.72 Å². The maximum absolute atomic E-state index is 12.0. The molecule has 9 heteroatoms. The molecule has 3 N–H and O–H groups in total. The second-order valence-electron chi connectivity index (χ2n) is 5.47. The molecule has 0 bridgehead atoms. The molecule has 126 valence electrons. The largest absolute Gasteiger partial charge is 0.399 e. The van der Waals surface area contributed by atoms with Crippen LogP contribution in [0.15, 0.2) is 18.2 Å². The van der Waals surface area contributed by atoms with Gasteiger partial charge in [0, 0.05) is 18.0 Å². The molecule has 0 amide bonds. The van der Waals surface area contributed by atoms with E-state index in [-0.39, 0.29) is 24.2 Å². The summed E-state index contributed by atoms with van der Waals surface area (Å²) in [6.07, 6.45) is 3.48. The number of hydrogen-bond donors (Lipinski definition) is 2. The quantitative estimate of drug-likeness (QED) is 0.755. The van der Waals surface area contributed by atoms with Gasteiger partial charge in [0.15, 0.2) is 0 Å². The van der Waals surface area contributed by atoms with Crippen molar-refractivity contribution in [2.24, 2.45) is 0 Å². The fraction of sp³-hybridized carbons (Fsp3) is 0.538. The number of nitrogens with two attached hydrogens (primary N) is 1. The summed E-state index contributed by atoms with van der Waals surface area (Å²) in [6, 6.07) is 5.15.